The van der Waals surface area contributed by atoms with E-state index in [-0.39, 0.29) is 4.90 Å². The number of aryl methyl sites for hydroxylation is 2. The van der Waals surface area contributed by atoms with Crippen molar-refractivity contribution >= 4 is 21.4 Å². The van der Waals surface area contributed by atoms with Crippen LogP contribution in [0.1, 0.15) is 24.0 Å². The lowest BCUT2D eigenvalue weighted by molar-refractivity contribution is 0.264. The van der Waals surface area contributed by atoms with Crippen LogP contribution in [0.25, 0.3) is 0 Å². The molecule has 0 aliphatic carbocycles. The number of benzene rings is 2. The molecule has 2 N–H and O–H groups in total. The second-order valence-electron chi connectivity index (χ2n) is 7.17. The van der Waals surface area contributed by atoms with Gasteiger partial charge in [-0.15, -0.1) is 0 Å². The second kappa shape index (κ2) is 7.68. The van der Waals surface area contributed by atoms with Crippen molar-refractivity contribution in [3.8, 4) is 0 Å². The highest BCUT2D eigenvalue weighted by molar-refractivity contribution is 7.92. The fraction of sp³-hybridized carbons (Fsp3) is 0.400. The Morgan fingerprint density at radius 1 is 1.04 bits per heavy atom. The van der Waals surface area contributed by atoms with E-state index >= 15 is 0 Å². The molecule has 2 aromatic carbocycles. The van der Waals surface area contributed by atoms with Crippen LogP contribution in [0.5, 0.6) is 0 Å². The zero-order valence-corrected chi connectivity index (χ0v) is 16.4. The van der Waals surface area contributed by atoms with Crippen molar-refractivity contribution in [3.05, 3.63) is 53.6 Å². The summed E-state index contributed by atoms with van der Waals surface area (Å²) in [5.74, 6) is 0. The minimum absolute atomic E-state index is 0.274. The molecule has 2 aromatic rings. The summed E-state index contributed by atoms with van der Waals surface area (Å²) < 4.78 is 28.3. The Balaban J connectivity index is 1.75. The predicted molar refractivity (Wildman–Crippen MR) is 107 cm³/mol. The fourth-order valence-electron chi connectivity index (χ4n) is 3.27. The summed E-state index contributed by atoms with van der Waals surface area (Å²) in [5, 5.41) is 3.48. The number of likely N-dealkylation sites (tertiary alicyclic amines) is 1. The molecule has 0 amide bonds. The Morgan fingerprint density at radius 3 is 2.46 bits per heavy atom. The van der Waals surface area contributed by atoms with Gasteiger partial charge in [0.15, 0.2) is 0 Å². The Morgan fingerprint density at radius 2 is 1.77 bits per heavy atom. The number of piperidine rings is 1. The van der Waals surface area contributed by atoms with Crippen molar-refractivity contribution in [2.45, 2.75) is 37.6 Å². The van der Waals surface area contributed by atoms with Gasteiger partial charge >= 0.3 is 0 Å². The molecule has 3 rings (SSSR count). The number of nitrogens with one attached hydrogen (secondary N) is 2. The van der Waals surface area contributed by atoms with E-state index in [1.165, 1.54) is 0 Å². The molecule has 1 aliphatic heterocycles. The summed E-state index contributed by atoms with van der Waals surface area (Å²) >= 11 is 0. The largest absolute Gasteiger partial charge is 0.382 e. The van der Waals surface area contributed by atoms with Crippen LogP contribution >= 0.6 is 0 Å². The average Bonchev–Trinajstić information content (AvgIpc) is 2.60. The van der Waals surface area contributed by atoms with E-state index in [0.29, 0.717) is 11.7 Å². The third-order valence-electron chi connectivity index (χ3n) is 4.86. The zero-order chi connectivity index (χ0) is 18.7. The molecule has 5 nitrogen and oxygen atoms in total. The molecule has 0 spiro atoms. The Bertz CT molecular complexity index is 872. The summed E-state index contributed by atoms with van der Waals surface area (Å²) in [4.78, 5) is 2.59. The zero-order valence-electron chi connectivity index (χ0n) is 15.6. The van der Waals surface area contributed by atoms with Crippen LogP contribution in [0.4, 0.5) is 11.4 Å². The lowest BCUT2D eigenvalue weighted by atomic mass is 10.1. The first-order valence-electron chi connectivity index (χ1n) is 8.99. The van der Waals surface area contributed by atoms with Gasteiger partial charge in [0, 0.05) is 11.7 Å². The van der Waals surface area contributed by atoms with Crippen molar-refractivity contribution in [1.82, 2.24) is 4.90 Å². The standard InChI is InChI=1S/C20H27N3O2S/c1-15-7-8-20(16(2)13-15)22-26(24,25)19-6-4-5-18(14-19)21-17-9-11-23(3)12-10-17/h4-8,13-14,17,21-22H,9-12H2,1-3H3. The SMILES string of the molecule is Cc1ccc(NS(=O)(=O)c2cccc(NC3CCN(C)CC3)c2)c(C)c1. The summed E-state index contributed by atoms with van der Waals surface area (Å²) in [7, 11) is -1.49. The molecule has 1 heterocycles. The van der Waals surface area contributed by atoms with Gasteiger partial charge in [-0.05, 0) is 76.7 Å². The molecular formula is C20H27N3O2S. The molecule has 0 atom stereocenters. The molecular weight excluding hydrogens is 346 g/mol. The van der Waals surface area contributed by atoms with Gasteiger partial charge in [-0.3, -0.25) is 4.72 Å². The lowest BCUT2D eigenvalue weighted by Gasteiger charge is -2.30. The maximum atomic E-state index is 12.8. The maximum absolute atomic E-state index is 12.8. The van der Waals surface area contributed by atoms with Gasteiger partial charge in [0.05, 0.1) is 10.6 Å². The van der Waals surface area contributed by atoms with Gasteiger partial charge in [-0.1, -0.05) is 23.8 Å². The van der Waals surface area contributed by atoms with Crippen LogP contribution in [0.2, 0.25) is 0 Å². The molecule has 26 heavy (non-hydrogen) atoms. The normalized spacial score (nSPS) is 16.4. The summed E-state index contributed by atoms with van der Waals surface area (Å²) in [6.45, 7) is 6.01. The van der Waals surface area contributed by atoms with E-state index in [9.17, 15) is 8.42 Å². The molecule has 140 valence electrons. The van der Waals surface area contributed by atoms with Crippen LogP contribution < -0.4 is 10.0 Å². The first-order chi connectivity index (χ1) is 12.3. The first-order valence-corrected chi connectivity index (χ1v) is 10.5. The van der Waals surface area contributed by atoms with Crippen molar-refractivity contribution in [2.24, 2.45) is 0 Å². The van der Waals surface area contributed by atoms with Crippen LogP contribution in [-0.2, 0) is 10.0 Å². The first kappa shape index (κ1) is 18.7. The minimum Gasteiger partial charge on any atom is -0.382 e. The summed E-state index contributed by atoms with van der Waals surface area (Å²) in [6.07, 6.45) is 2.13. The predicted octanol–water partition coefficient (Wildman–Crippen LogP) is 3.61. The Hall–Kier alpha value is -2.05. The van der Waals surface area contributed by atoms with Crippen molar-refractivity contribution in [1.29, 1.82) is 0 Å². The number of hydrogen-bond acceptors (Lipinski definition) is 4. The molecule has 0 aromatic heterocycles. The third-order valence-corrected chi connectivity index (χ3v) is 6.22. The van der Waals surface area contributed by atoms with E-state index in [1.54, 1.807) is 18.2 Å². The van der Waals surface area contributed by atoms with E-state index < -0.39 is 10.0 Å². The second-order valence-corrected chi connectivity index (χ2v) is 8.86. The molecule has 6 heteroatoms. The molecule has 1 fully saturated rings. The molecule has 0 unspecified atom stereocenters. The molecule has 1 aliphatic rings. The smallest absolute Gasteiger partial charge is 0.261 e. The number of nitrogens with zero attached hydrogens (tertiary/aromatic N) is 1. The Kier molecular flexibility index (Phi) is 5.53. The monoisotopic (exact) mass is 373 g/mol. The van der Waals surface area contributed by atoms with Gasteiger partial charge in [0.25, 0.3) is 10.0 Å². The Labute approximate surface area is 156 Å². The molecule has 0 saturated carbocycles. The minimum atomic E-state index is -3.62. The van der Waals surface area contributed by atoms with Gasteiger partial charge in [0.1, 0.15) is 0 Å². The van der Waals surface area contributed by atoms with E-state index in [1.807, 2.05) is 38.1 Å². The summed E-state index contributed by atoms with van der Waals surface area (Å²) in [6, 6.07) is 13.1. The topological polar surface area (TPSA) is 61.4 Å². The van der Waals surface area contributed by atoms with E-state index in [0.717, 1.165) is 42.7 Å². The maximum Gasteiger partial charge on any atom is 0.261 e. The highest BCUT2D eigenvalue weighted by Crippen LogP contribution is 2.23. The van der Waals surface area contributed by atoms with Gasteiger partial charge < -0.3 is 10.2 Å². The quantitative estimate of drug-likeness (QED) is 0.840. The van der Waals surface area contributed by atoms with Gasteiger partial charge in [-0.25, -0.2) is 8.42 Å². The van der Waals surface area contributed by atoms with E-state index in [4.69, 9.17) is 0 Å². The van der Waals surface area contributed by atoms with Crippen molar-refractivity contribution < 1.29 is 8.42 Å². The van der Waals surface area contributed by atoms with Crippen molar-refractivity contribution in [2.75, 3.05) is 30.2 Å². The van der Waals surface area contributed by atoms with Gasteiger partial charge in [0.2, 0.25) is 0 Å². The van der Waals surface area contributed by atoms with Crippen LogP contribution in [-0.4, -0.2) is 39.5 Å². The average molecular weight is 374 g/mol. The highest BCUT2D eigenvalue weighted by Gasteiger charge is 2.19. The third kappa shape index (κ3) is 4.56. The van der Waals surface area contributed by atoms with Gasteiger partial charge in [-0.2, -0.15) is 0 Å². The van der Waals surface area contributed by atoms with E-state index in [2.05, 4.69) is 22.0 Å². The van der Waals surface area contributed by atoms with Crippen LogP contribution in [0, 0.1) is 13.8 Å². The number of rotatable bonds is 5. The van der Waals surface area contributed by atoms with Crippen LogP contribution in [0.15, 0.2) is 47.4 Å². The number of anilines is 2. The van der Waals surface area contributed by atoms with Crippen LogP contribution in [0.3, 0.4) is 0 Å². The van der Waals surface area contributed by atoms with Crippen molar-refractivity contribution in [3.63, 3.8) is 0 Å². The lowest BCUT2D eigenvalue weighted by Crippen LogP contribution is -2.36. The summed E-state index contributed by atoms with van der Waals surface area (Å²) in [5.41, 5.74) is 3.48. The fourth-order valence-corrected chi connectivity index (χ4v) is 4.45. The molecule has 1 saturated heterocycles. The number of hydrogen-bond donors (Lipinski definition) is 2. The number of sulfonamides is 1. The highest BCUT2D eigenvalue weighted by atomic mass is 32.2. The molecule has 0 bridgehead atoms. The molecule has 0 radical (unpaired) electrons.